The predicted molar refractivity (Wildman–Crippen MR) is 67.5 cm³/mol. The summed E-state index contributed by atoms with van der Waals surface area (Å²) in [5.74, 6) is 1.40. The van der Waals surface area contributed by atoms with Crippen LogP contribution in [0, 0.1) is 0 Å². The van der Waals surface area contributed by atoms with Gasteiger partial charge in [0.25, 0.3) is 5.56 Å². The smallest absolute Gasteiger partial charge is 0.264 e. The Kier molecular flexibility index (Phi) is 3.13. The standard InChI is InChI=1S/C13H16N2O2/c1-4-6-11-14-9-7-5-8-10(17-3)12(9)13(16)15(11)2/h5,7-8H,4,6H2,1-3H3. The molecule has 0 spiro atoms. The van der Waals surface area contributed by atoms with Gasteiger partial charge in [0, 0.05) is 13.5 Å². The monoisotopic (exact) mass is 232 g/mol. The number of hydrogen-bond acceptors (Lipinski definition) is 3. The van der Waals surface area contributed by atoms with E-state index in [9.17, 15) is 4.79 Å². The van der Waals surface area contributed by atoms with E-state index >= 15 is 0 Å². The van der Waals surface area contributed by atoms with Crippen LogP contribution in [0.15, 0.2) is 23.0 Å². The van der Waals surface area contributed by atoms with E-state index in [-0.39, 0.29) is 5.56 Å². The van der Waals surface area contributed by atoms with Crippen molar-refractivity contribution < 1.29 is 4.74 Å². The molecule has 0 saturated carbocycles. The van der Waals surface area contributed by atoms with Crippen molar-refractivity contribution in [3.05, 3.63) is 34.4 Å². The zero-order chi connectivity index (χ0) is 12.4. The molecule has 0 fully saturated rings. The Labute approximate surface area is 99.9 Å². The molecule has 4 heteroatoms. The third kappa shape index (κ3) is 1.90. The van der Waals surface area contributed by atoms with Gasteiger partial charge in [0.05, 0.1) is 12.6 Å². The van der Waals surface area contributed by atoms with Crippen LogP contribution in [0.5, 0.6) is 5.75 Å². The molecule has 1 aromatic carbocycles. The molecule has 2 rings (SSSR count). The lowest BCUT2D eigenvalue weighted by Crippen LogP contribution is -2.22. The average Bonchev–Trinajstić information content (AvgIpc) is 2.35. The molecule has 0 aliphatic rings. The number of rotatable bonds is 3. The van der Waals surface area contributed by atoms with E-state index in [0.29, 0.717) is 16.7 Å². The van der Waals surface area contributed by atoms with Gasteiger partial charge in [-0.1, -0.05) is 13.0 Å². The van der Waals surface area contributed by atoms with E-state index in [0.717, 1.165) is 18.7 Å². The summed E-state index contributed by atoms with van der Waals surface area (Å²) in [6.45, 7) is 2.07. The Balaban J connectivity index is 2.81. The van der Waals surface area contributed by atoms with Crippen LogP contribution in [0.4, 0.5) is 0 Å². The Morgan fingerprint density at radius 3 is 2.82 bits per heavy atom. The molecule has 4 nitrogen and oxygen atoms in total. The minimum Gasteiger partial charge on any atom is -0.496 e. The zero-order valence-corrected chi connectivity index (χ0v) is 10.4. The molecule has 1 heterocycles. The molecule has 0 radical (unpaired) electrons. The first-order valence-corrected chi connectivity index (χ1v) is 5.71. The molecule has 0 aliphatic carbocycles. The molecule has 0 bridgehead atoms. The maximum absolute atomic E-state index is 12.2. The first kappa shape index (κ1) is 11.6. The largest absolute Gasteiger partial charge is 0.496 e. The molecular weight excluding hydrogens is 216 g/mol. The normalized spacial score (nSPS) is 10.8. The van der Waals surface area contributed by atoms with Gasteiger partial charge < -0.3 is 4.74 Å². The number of nitrogens with zero attached hydrogens (tertiary/aromatic N) is 2. The second-order valence-corrected chi connectivity index (χ2v) is 4.00. The van der Waals surface area contributed by atoms with Crippen molar-refractivity contribution in [2.45, 2.75) is 19.8 Å². The Hall–Kier alpha value is -1.84. The number of methoxy groups -OCH3 is 1. The number of ether oxygens (including phenoxy) is 1. The van der Waals surface area contributed by atoms with Gasteiger partial charge in [-0.15, -0.1) is 0 Å². The predicted octanol–water partition coefficient (Wildman–Crippen LogP) is 1.89. The number of aromatic nitrogens is 2. The third-order valence-electron chi connectivity index (χ3n) is 2.85. The Morgan fingerprint density at radius 2 is 2.18 bits per heavy atom. The minimum atomic E-state index is -0.0455. The van der Waals surface area contributed by atoms with Crippen molar-refractivity contribution in [2.24, 2.45) is 7.05 Å². The summed E-state index contributed by atoms with van der Waals surface area (Å²) in [6, 6.07) is 5.48. The molecule has 0 amide bonds. The third-order valence-corrected chi connectivity index (χ3v) is 2.85. The quantitative estimate of drug-likeness (QED) is 0.811. The first-order valence-electron chi connectivity index (χ1n) is 5.71. The van der Waals surface area contributed by atoms with Gasteiger partial charge in [-0.05, 0) is 18.6 Å². The summed E-state index contributed by atoms with van der Waals surface area (Å²) in [6.07, 6.45) is 1.77. The van der Waals surface area contributed by atoms with Crippen LogP contribution in [0.3, 0.4) is 0 Å². The highest BCUT2D eigenvalue weighted by Crippen LogP contribution is 2.20. The van der Waals surface area contributed by atoms with Gasteiger partial charge in [-0.3, -0.25) is 9.36 Å². The lowest BCUT2D eigenvalue weighted by molar-refractivity contribution is 0.419. The zero-order valence-electron chi connectivity index (χ0n) is 10.4. The van der Waals surface area contributed by atoms with Crippen LogP contribution < -0.4 is 10.3 Å². The molecule has 1 aromatic heterocycles. The molecule has 0 saturated heterocycles. The van der Waals surface area contributed by atoms with Gasteiger partial charge in [0.2, 0.25) is 0 Å². The second kappa shape index (κ2) is 4.57. The highest BCUT2D eigenvalue weighted by atomic mass is 16.5. The van der Waals surface area contributed by atoms with Crippen LogP contribution >= 0.6 is 0 Å². The van der Waals surface area contributed by atoms with Crippen LogP contribution in [-0.2, 0) is 13.5 Å². The van der Waals surface area contributed by atoms with Crippen LogP contribution in [-0.4, -0.2) is 16.7 Å². The van der Waals surface area contributed by atoms with Crippen LogP contribution in [0.1, 0.15) is 19.2 Å². The summed E-state index contributed by atoms with van der Waals surface area (Å²) < 4.78 is 6.82. The van der Waals surface area contributed by atoms with E-state index < -0.39 is 0 Å². The Bertz CT molecular complexity index is 602. The van der Waals surface area contributed by atoms with E-state index in [2.05, 4.69) is 11.9 Å². The Morgan fingerprint density at radius 1 is 1.41 bits per heavy atom. The molecule has 90 valence electrons. The molecule has 2 aromatic rings. The summed E-state index contributed by atoms with van der Waals surface area (Å²) in [4.78, 5) is 16.8. The van der Waals surface area contributed by atoms with Gasteiger partial charge in [0.1, 0.15) is 17.0 Å². The van der Waals surface area contributed by atoms with E-state index in [1.807, 2.05) is 12.1 Å². The van der Waals surface area contributed by atoms with Gasteiger partial charge in [-0.25, -0.2) is 4.98 Å². The minimum absolute atomic E-state index is 0.0455. The highest BCUT2D eigenvalue weighted by Gasteiger charge is 2.11. The summed E-state index contributed by atoms with van der Waals surface area (Å²) in [5, 5.41) is 0.553. The fraction of sp³-hybridized carbons (Fsp3) is 0.385. The SMILES string of the molecule is CCCc1nc2cccc(OC)c2c(=O)n1C. The van der Waals surface area contributed by atoms with Gasteiger partial charge in [0.15, 0.2) is 0 Å². The number of benzene rings is 1. The lowest BCUT2D eigenvalue weighted by atomic mass is 10.2. The molecule has 17 heavy (non-hydrogen) atoms. The topological polar surface area (TPSA) is 44.1 Å². The first-order chi connectivity index (χ1) is 8.19. The van der Waals surface area contributed by atoms with Gasteiger partial charge in [-0.2, -0.15) is 0 Å². The summed E-state index contributed by atoms with van der Waals surface area (Å²) in [7, 11) is 3.32. The molecule has 0 unspecified atom stereocenters. The number of aryl methyl sites for hydroxylation is 1. The molecule has 0 aliphatic heterocycles. The van der Waals surface area contributed by atoms with Gasteiger partial charge >= 0.3 is 0 Å². The van der Waals surface area contributed by atoms with Crippen molar-refractivity contribution in [3.63, 3.8) is 0 Å². The second-order valence-electron chi connectivity index (χ2n) is 4.00. The maximum atomic E-state index is 12.2. The van der Waals surface area contributed by atoms with Crippen LogP contribution in [0.2, 0.25) is 0 Å². The van der Waals surface area contributed by atoms with Crippen molar-refractivity contribution in [1.82, 2.24) is 9.55 Å². The number of hydrogen-bond donors (Lipinski definition) is 0. The number of fused-ring (bicyclic) bond motifs is 1. The highest BCUT2D eigenvalue weighted by molar-refractivity contribution is 5.84. The fourth-order valence-electron chi connectivity index (χ4n) is 1.94. The van der Waals surface area contributed by atoms with E-state index in [1.54, 1.807) is 24.8 Å². The molecule has 0 atom stereocenters. The van der Waals surface area contributed by atoms with Crippen molar-refractivity contribution in [1.29, 1.82) is 0 Å². The maximum Gasteiger partial charge on any atom is 0.264 e. The fourth-order valence-corrected chi connectivity index (χ4v) is 1.94. The van der Waals surface area contributed by atoms with Crippen molar-refractivity contribution in [2.75, 3.05) is 7.11 Å². The molecular formula is C13H16N2O2. The average molecular weight is 232 g/mol. The summed E-state index contributed by atoms with van der Waals surface area (Å²) in [5.41, 5.74) is 0.659. The van der Waals surface area contributed by atoms with Crippen molar-refractivity contribution in [3.8, 4) is 5.75 Å². The van der Waals surface area contributed by atoms with Crippen LogP contribution in [0.25, 0.3) is 10.9 Å². The summed E-state index contributed by atoms with van der Waals surface area (Å²) >= 11 is 0. The van der Waals surface area contributed by atoms with E-state index in [1.165, 1.54) is 0 Å². The van der Waals surface area contributed by atoms with Crippen molar-refractivity contribution >= 4 is 10.9 Å². The molecule has 0 N–H and O–H groups in total. The lowest BCUT2D eigenvalue weighted by Gasteiger charge is -2.10. The van der Waals surface area contributed by atoms with E-state index in [4.69, 9.17) is 4.74 Å².